The molecule has 1 heterocycles. The van der Waals surface area contributed by atoms with Gasteiger partial charge in [-0.15, -0.1) is 22.9 Å². The normalized spacial score (nSPS) is 12.9. The third kappa shape index (κ3) is 3.12. The van der Waals surface area contributed by atoms with Gasteiger partial charge < -0.3 is 5.32 Å². The zero-order chi connectivity index (χ0) is 12.3. The summed E-state index contributed by atoms with van der Waals surface area (Å²) in [6.07, 6.45) is 0. The molecule has 1 aromatic rings. The number of alkyl halides is 1. The topological polar surface area (TPSA) is 29.1 Å². The van der Waals surface area contributed by atoms with E-state index in [4.69, 9.17) is 23.2 Å². The number of hydrogen-bond acceptors (Lipinski definition) is 2. The molecule has 0 aromatic carbocycles. The highest BCUT2D eigenvalue weighted by molar-refractivity contribution is 7.13. The van der Waals surface area contributed by atoms with E-state index < -0.39 is 0 Å². The minimum Gasteiger partial charge on any atom is -0.347 e. The molecule has 90 valence electrons. The molecule has 1 rings (SSSR count). The lowest BCUT2D eigenvalue weighted by molar-refractivity contribution is 0.0935. The molecule has 0 aliphatic heterocycles. The average molecular weight is 280 g/mol. The van der Waals surface area contributed by atoms with Crippen LogP contribution in [0.2, 0.25) is 5.02 Å². The van der Waals surface area contributed by atoms with E-state index in [-0.39, 0.29) is 11.9 Å². The monoisotopic (exact) mass is 279 g/mol. The fourth-order valence-corrected chi connectivity index (χ4v) is 2.82. The smallest absolute Gasteiger partial charge is 0.263 e. The molecule has 0 bridgehead atoms. The molecular weight excluding hydrogens is 265 g/mol. The zero-order valence-corrected chi connectivity index (χ0v) is 11.8. The van der Waals surface area contributed by atoms with Crippen LogP contribution in [0.15, 0.2) is 5.38 Å². The highest BCUT2D eigenvalue weighted by Gasteiger charge is 2.19. The maximum atomic E-state index is 11.9. The van der Waals surface area contributed by atoms with Crippen LogP contribution in [-0.4, -0.2) is 17.8 Å². The fourth-order valence-electron chi connectivity index (χ4n) is 1.20. The molecule has 0 fully saturated rings. The van der Waals surface area contributed by atoms with E-state index in [1.807, 2.05) is 26.2 Å². The highest BCUT2D eigenvalue weighted by atomic mass is 35.5. The van der Waals surface area contributed by atoms with Crippen molar-refractivity contribution in [1.82, 2.24) is 5.32 Å². The predicted octanol–water partition coefficient (Wildman–Crippen LogP) is 3.70. The Kier molecular flexibility index (Phi) is 5.09. The quantitative estimate of drug-likeness (QED) is 0.837. The standard InChI is InChI=1S/C11H15Cl2NOS/c1-6(2)8(4-12)14-11(15)10-9(13)7(3)5-16-10/h5-6,8H,4H2,1-3H3,(H,14,15). The van der Waals surface area contributed by atoms with E-state index in [2.05, 4.69) is 5.32 Å². The number of nitrogens with one attached hydrogen (secondary N) is 1. The largest absolute Gasteiger partial charge is 0.347 e. The number of amides is 1. The van der Waals surface area contributed by atoms with Crippen LogP contribution in [-0.2, 0) is 0 Å². The minimum absolute atomic E-state index is 0.0207. The summed E-state index contributed by atoms with van der Waals surface area (Å²) >= 11 is 13.2. The van der Waals surface area contributed by atoms with Crippen molar-refractivity contribution < 1.29 is 4.79 Å². The van der Waals surface area contributed by atoms with Gasteiger partial charge in [0.2, 0.25) is 0 Å². The van der Waals surface area contributed by atoms with Gasteiger partial charge in [0.1, 0.15) is 4.88 Å². The molecule has 1 unspecified atom stereocenters. The number of hydrogen-bond donors (Lipinski definition) is 1. The average Bonchev–Trinajstić information content (AvgIpc) is 2.55. The van der Waals surface area contributed by atoms with E-state index >= 15 is 0 Å². The van der Waals surface area contributed by atoms with Crippen molar-refractivity contribution in [3.05, 3.63) is 20.8 Å². The van der Waals surface area contributed by atoms with Crippen LogP contribution < -0.4 is 5.32 Å². The minimum atomic E-state index is -0.137. The Balaban J connectivity index is 2.76. The maximum Gasteiger partial charge on any atom is 0.263 e. The maximum absolute atomic E-state index is 11.9. The first-order valence-electron chi connectivity index (χ1n) is 5.07. The predicted molar refractivity (Wildman–Crippen MR) is 70.9 cm³/mol. The van der Waals surface area contributed by atoms with Gasteiger partial charge in [-0.05, 0) is 23.8 Å². The van der Waals surface area contributed by atoms with Crippen LogP contribution in [0.4, 0.5) is 0 Å². The number of rotatable bonds is 4. The second-order valence-corrected chi connectivity index (χ2v) is 5.61. The summed E-state index contributed by atoms with van der Waals surface area (Å²) in [5.74, 6) is 0.578. The molecule has 0 aliphatic carbocycles. The van der Waals surface area contributed by atoms with Crippen molar-refractivity contribution in [2.24, 2.45) is 5.92 Å². The third-order valence-electron chi connectivity index (χ3n) is 2.39. The molecule has 5 heteroatoms. The number of thiophene rings is 1. The van der Waals surface area contributed by atoms with Crippen molar-refractivity contribution in [3.63, 3.8) is 0 Å². The molecule has 0 aliphatic rings. The Hall–Kier alpha value is -0.250. The Labute approximate surface area is 110 Å². The first-order chi connectivity index (χ1) is 7.47. The zero-order valence-electron chi connectivity index (χ0n) is 9.51. The van der Waals surface area contributed by atoms with Gasteiger partial charge in [-0.3, -0.25) is 4.79 Å². The van der Waals surface area contributed by atoms with E-state index in [1.165, 1.54) is 11.3 Å². The van der Waals surface area contributed by atoms with E-state index in [1.54, 1.807) is 0 Å². The van der Waals surface area contributed by atoms with Crippen molar-refractivity contribution in [1.29, 1.82) is 0 Å². The van der Waals surface area contributed by atoms with Crippen molar-refractivity contribution in [2.45, 2.75) is 26.8 Å². The molecule has 0 radical (unpaired) electrons. The molecule has 2 nitrogen and oxygen atoms in total. The summed E-state index contributed by atoms with van der Waals surface area (Å²) in [7, 11) is 0. The van der Waals surface area contributed by atoms with Gasteiger partial charge >= 0.3 is 0 Å². The molecule has 0 saturated carbocycles. The van der Waals surface area contributed by atoms with Crippen LogP contribution >= 0.6 is 34.5 Å². The van der Waals surface area contributed by atoms with Gasteiger partial charge in [0.05, 0.1) is 5.02 Å². The lowest BCUT2D eigenvalue weighted by Crippen LogP contribution is -2.39. The van der Waals surface area contributed by atoms with E-state index in [0.29, 0.717) is 21.7 Å². The third-order valence-corrected chi connectivity index (χ3v) is 4.42. The number of carbonyl (C=O) groups excluding carboxylic acids is 1. The van der Waals surface area contributed by atoms with Crippen LogP contribution in [0.5, 0.6) is 0 Å². The second-order valence-electron chi connectivity index (χ2n) is 4.04. The first kappa shape index (κ1) is 13.8. The van der Waals surface area contributed by atoms with E-state index in [9.17, 15) is 4.79 Å². The van der Waals surface area contributed by atoms with Gasteiger partial charge in [-0.1, -0.05) is 25.4 Å². The van der Waals surface area contributed by atoms with Gasteiger partial charge in [-0.2, -0.15) is 0 Å². The summed E-state index contributed by atoms with van der Waals surface area (Å²) < 4.78 is 0. The number of aryl methyl sites for hydroxylation is 1. The van der Waals surface area contributed by atoms with Gasteiger partial charge in [0.15, 0.2) is 0 Å². The van der Waals surface area contributed by atoms with Crippen molar-refractivity contribution in [3.8, 4) is 0 Å². The number of carbonyl (C=O) groups is 1. The lowest BCUT2D eigenvalue weighted by Gasteiger charge is -2.19. The van der Waals surface area contributed by atoms with Crippen LogP contribution in [0.1, 0.15) is 29.1 Å². The molecule has 0 spiro atoms. The highest BCUT2D eigenvalue weighted by Crippen LogP contribution is 2.27. The van der Waals surface area contributed by atoms with Gasteiger partial charge in [0.25, 0.3) is 5.91 Å². The molecule has 1 aromatic heterocycles. The fraction of sp³-hybridized carbons (Fsp3) is 0.545. The molecular formula is C11H15Cl2NOS. The Morgan fingerprint density at radius 3 is 2.56 bits per heavy atom. The summed E-state index contributed by atoms with van der Waals surface area (Å²) in [4.78, 5) is 12.5. The summed E-state index contributed by atoms with van der Waals surface area (Å²) in [6, 6.07) is -0.0207. The molecule has 1 N–H and O–H groups in total. The van der Waals surface area contributed by atoms with Crippen molar-refractivity contribution in [2.75, 3.05) is 5.88 Å². The first-order valence-corrected chi connectivity index (χ1v) is 6.87. The SMILES string of the molecule is Cc1csc(C(=O)NC(CCl)C(C)C)c1Cl. The Bertz CT molecular complexity index is 376. The van der Waals surface area contributed by atoms with Gasteiger partial charge in [-0.25, -0.2) is 0 Å². The van der Waals surface area contributed by atoms with Crippen LogP contribution in [0, 0.1) is 12.8 Å². The molecule has 1 atom stereocenters. The Morgan fingerprint density at radius 2 is 2.19 bits per heavy atom. The summed E-state index contributed by atoms with van der Waals surface area (Å²) in [5, 5.41) is 5.31. The van der Waals surface area contributed by atoms with E-state index in [0.717, 1.165) is 5.56 Å². The molecule has 1 amide bonds. The second kappa shape index (κ2) is 5.89. The number of halogens is 2. The molecule has 0 saturated heterocycles. The summed E-state index contributed by atoms with van der Waals surface area (Å²) in [6.45, 7) is 5.93. The van der Waals surface area contributed by atoms with Crippen LogP contribution in [0.3, 0.4) is 0 Å². The van der Waals surface area contributed by atoms with Crippen LogP contribution in [0.25, 0.3) is 0 Å². The summed E-state index contributed by atoms with van der Waals surface area (Å²) in [5.41, 5.74) is 0.934. The molecule has 16 heavy (non-hydrogen) atoms. The van der Waals surface area contributed by atoms with Crippen molar-refractivity contribution >= 4 is 40.4 Å². The van der Waals surface area contributed by atoms with Gasteiger partial charge in [0, 0.05) is 11.9 Å². The lowest BCUT2D eigenvalue weighted by atomic mass is 10.1. The Morgan fingerprint density at radius 1 is 1.56 bits per heavy atom.